The fourth-order valence-electron chi connectivity index (χ4n) is 7.45. The van der Waals surface area contributed by atoms with Crippen LogP contribution in [0.5, 0.6) is 23.0 Å². The Bertz CT molecular complexity index is 1880. The maximum absolute atomic E-state index is 13.8. The topological polar surface area (TPSA) is 157 Å². The number of aliphatic hydroxyl groups excluding tert-OH is 1. The molecule has 3 unspecified atom stereocenters. The Morgan fingerprint density at radius 2 is 1.19 bits per heavy atom. The molecule has 5 atom stereocenters. The van der Waals surface area contributed by atoms with E-state index < -0.39 is 34.9 Å². The van der Waals surface area contributed by atoms with E-state index in [1.54, 1.807) is 34.1 Å². The zero-order valence-electron chi connectivity index (χ0n) is 35.7. The number of amides is 3. The molecule has 0 saturated carbocycles. The number of carbonyl (C=O) groups is 3. The summed E-state index contributed by atoms with van der Waals surface area (Å²) in [7, 11) is -1.15. The Morgan fingerprint density at radius 3 is 1.75 bits per heavy atom. The zero-order chi connectivity index (χ0) is 41.8. The molecule has 0 aliphatic carbocycles. The van der Waals surface area contributed by atoms with Crippen LogP contribution < -0.4 is 29.6 Å². The van der Waals surface area contributed by atoms with Gasteiger partial charge >= 0.3 is 0 Å². The Balaban J connectivity index is 1.08. The number of anilines is 2. The van der Waals surface area contributed by atoms with Crippen LogP contribution in [0.2, 0.25) is 36.3 Å². The van der Waals surface area contributed by atoms with E-state index in [9.17, 15) is 19.5 Å². The second-order valence-corrected chi connectivity index (χ2v) is 28.2. The highest BCUT2D eigenvalue weighted by Crippen LogP contribution is 2.45. The smallest absolute Gasteiger partial charge is 0.256 e. The number of carbonyl (C=O) groups excluding carboxylic acids is 3. The lowest BCUT2D eigenvalue weighted by molar-refractivity contribution is -0.123. The van der Waals surface area contributed by atoms with Crippen LogP contribution in [0.1, 0.15) is 83.0 Å². The molecule has 57 heavy (non-hydrogen) atoms. The number of nitrogens with zero attached hydrogens (tertiary/aromatic N) is 2. The van der Waals surface area contributed by atoms with E-state index in [1.807, 2.05) is 0 Å². The summed E-state index contributed by atoms with van der Waals surface area (Å²) in [5.74, 6) is 0.850. The first-order valence-corrected chi connectivity index (χ1v) is 25.8. The molecule has 4 aliphatic heterocycles. The van der Waals surface area contributed by atoms with E-state index in [1.165, 1.54) is 14.2 Å². The van der Waals surface area contributed by atoms with Gasteiger partial charge in [-0.2, -0.15) is 0 Å². The lowest BCUT2D eigenvalue weighted by Crippen LogP contribution is -2.44. The Hall–Kier alpha value is -3.68. The average Bonchev–Trinajstić information content (AvgIpc) is 3.70. The highest BCUT2D eigenvalue weighted by atomic mass is 28.4. The van der Waals surface area contributed by atoms with Crippen LogP contribution in [0, 0.1) is 0 Å². The number of methoxy groups -OCH3 is 2. The third-order valence-electron chi connectivity index (χ3n) is 12.7. The third kappa shape index (κ3) is 8.57. The van der Waals surface area contributed by atoms with Crippen molar-refractivity contribution in [1.29, 1.82) is 0 Å². The maximum atomic E-state index is 13.8. The van der Waals surface area contributed by atoms with Crippen LogP contribution in [0.4, 0.5) is 11.4 Å². The molecule has 0 bridgehead atoms. The molecular formula is C41H62N4O10Si2. The molecule has 2 aromatic carbocycles. The third-order valence-corrected chi connectivity index (χ3v) is 21.8. The van der Waals surface area contributed by atoms with Gasteiger partial charge in [0.25, 0.3) is 5.91 Å². The molecule has 3 N–H and O–H groups in total. The fourth-order valence-corrected chi connectivity index (χ4v) is 10.2. The van der Waals surface area contributed by atoms with Crippen molar-refractivity contribution in [1.82, 2.24) is 9.80 Å². The number of aliphatic hydroxyl groups is 1. The van der Waals surface area contributed by atoms with Gasteiger partial charge in [-0.3, -0.25) is 19.3 Å². The summed E-state index contributed by atoms with van der Waals surface area (Å²) in [6.45, 7) is 23.1. The molecular weight excluding hydrogens is 765 g/mol. The van der Waals surface area contributed by atoms with Gasteiger partial charge in [0.2, 0.25) is 11.8 Å². The van der Waals surface area contributed by atoms with Crippen LogP contribution in [-0.4, -0.2) is 114 Å². The minimum absolute atomic E-state index is 0.00314. The van der Waals surface area contributed by atoms with E-state index in [2.05, 4.69) is 78.4 Å². The van der Waals surface area contributed by atoms with Crippen molar-refractivity contribution in [3.8, 4) is 23.0 Å². The van der Waals surface area contributed by atoms with Crippen molar-refractivity contribution in [3.63, 3.8) is 0 Å². The number of hydrogen-bond acceptors (Lipinski definition) is 11. The van der Waals surface area contributed by atoms with E-state index in [4.69, 9.17) is 27.8 Å². The van der Waals surface area contributed by atoms with Crippen LogP contribution in [0.25, 0.3) is 0 Å². The predicted octanol–water partition coefficient (Wildman–Crippen LogP) is 6.52. The molecule has 2 saturated heterocycles. The molecule has 0 aromatic heterocycles. The molecule has 2 fully saturated rings. The minimum Gasteiger partial charge on any atom is -0.493 e. The average molecular weight is 827 g/mol. The number of benzene rings is 2. The monoisotopic (exact) mass is 826 g/mol. The first kappa shape index (κ1) is 42.9. The summed E-state index contributed by atoms with van der Waals surface area (Å²) in [6, 6.07) is 5.47. The Morgan fingerprint density at radius 1 is 0.702 bits per heavy atom. The van der Waals surface area contributed by atoms with Gasteiger partial charge in [-0.05, 0) is 54.8 Å². The van der Waals surface area contributed by atoms with Crippen LogP contribution >= 0.6 is 0 Å². The maximum Gasteiger partial charge on any atom is 0.256 e. The summed E-state index contributed by atoms with van der Waals surface area (Å²) < 4.78 is 36.7. The first-order chi connectivity index (χ1) is 26.5. The molecule has 314 valence electrons. The SMILES string of the molecule is COc1cc2c(cc1OCCCOc1cc3c(cc1OC)C(O)N1CC(O[Si](C)(C)C(C)(C)C)C[C@H]1C(=O)N3)NC(=O)[C@@H]1CC(O[Si](C)(C)C(C)(C)C)CN1C2=O. The number of ether oxygens (including phenoxy) is 4. The molecule has 4 aliphatic rings. The van der Waals surface area contributed by atoms with Crippen molar-refractivity contribution < 1.29 is 47.3 Å². The highest BCUT2D eigenvalue weighted by Gasteiger charge is 2.49. The molecule has 3 amide bonds. The molecule has 0 spiro atoms. The summed E-state index contributed by atoms with van der Waals surface area (Å²) >= 11 is 0. The van der Waals surface area contributed by atoms with Crippen molar-refractivity contribution >= 4 is 45.7 Å². The molecule has 4 heterocycles. The predicted molar refractivity (Wildman–Crippen MR) is 223 cm³/mol. The number of nitrogens with one attached hydrogen (secondary N) is 2. The van der Waals surface area contributed by atoms with Gasteiger partial charge in [-0.25, -0.2) is 0 Å². The fraction of sp³-hybridized carbons (Fsp3) is 0.634. The molecule has 6 rings (SSSR count). The van der Waals surface area contributed by atoms with Gasteiger partial charge in [0.15, 0.2) is 39.6 Å². The molecule has 14 nitrogen and oxygen atoms in total. The van der Waals surface area contributed by atoms with Crippen LogP contribution in [-0.2, 0) is 18.4 Å². The lowest BCUT2D eigenvalue weighted by Gasteiger charge is -2.38. The highest BCUT2D eigenvalue weighted by molar-refractivity contribution is 6.74. The van der Waals surface area contributed by atoms with Gasteiger partial charge in [-0.15, -0.1) is 0 Å². The summed E-state index contributed by atoms with van der Waals surface area (Å²) in [4.78, 5) is 44.2. The van der Waals surface area contributed by atoms with Crippen LogP contribution in [0.3, 0.4) is 0 Å². The zero-order valence-corrected chi connectivity index (χ0v) is 37.7. The van der Waals surface area contributed by atoms with E-state index in [0.29, 0.717) is 77.9 Å². The quantitative estimate of drug-likeness (QED) is 0.158. The first-order valence-electron chi connectivity index (χ1n) is 20.0. The number of rotatable bonds is 12. The van der Waals surface area contributed by atoms with Gasteiger partial charge in [0.05, 0.1) is 62.6 Å². The summed E-state index contributed by atoms with van der Waals surface area (Å²) in [6.07, 6.45) is -0.0259. The van der Waals surface area contributed by atoms with E-state index >= 15 is 0 Å². The molecule has 16 heteroatoms. The van der Waals surface area contributed by atoms with Crippen molar-refractivity contribution in [2.24, 2.45) is 0 Å². The summed E-state index contributed by atoms with van der Waals surface area (Å²) in [5, 5.41) is 17.6. The lowest BCUT2D eigenvalue weighted by atomic mass is 10.1. The second kappa shape index (κ2) is 15.8. The van der Waals surface area contributed by atoms with Gasteiger partial charge in [-0.1, -0.05) is 41.5 Å². The van der Waals surface area contributed by atoms with Crippen molar-refractivity contribution in [3.05, 3.63) is 35.4 Å². The van der Waals surface area contributed by atoms with Crippen molar-refractivity contribution in [2.45, 2.75) is 128 Å². The minimum atomic E-state index is -2.11. The Labute approximate surface area is 339 Å². The normalized spacial score (nSPS) is 24.1. The number of hydrogen-bond donors (Lipinski definition) is 3. The standard InChI is InChI=1S/C41H62N4O10Si2/c1-40(2,3)56(9,10)54-24-16-30-36(46)42-28-20-34(32(50-7)18-26(28)38(48)44(30)22-24)52-14-13-15-53-35-21-29-27(19-33(35)51-8)39(49)45-23-25(17-31(45)37(47)43-29)55-57(11,12)41(4,5)6/h18-21,24-25,30-31,38,48H,13-17,22-23H2,1-12H3,(H,42,46)(H,43,47)/t24?,25?,30-,31-,38?/m0/s1. The second-order valence-electron chi connectivity index (χ2n) is 18.7. The van der Waals surface area contributed by atoms with Crippen LogP contribution in [0.15, 0.2) is 24.3 Å². The van der Waals surface area contributed by atoms with Crippen molar-refractivity contribution in [2.75, 3.05) is 51.2 Å². The molecule has 2 aromatic rings. The van der Waals surface area contributed by atoms with Gasteiger partial charge in [0, 0.05) is 43.6 Å². The van der Waals surface area contributed by atoms with E-state index in [0.717, 1.165) is 0 Å². The number of fused-ring (bicyclic) bond motifs is 4. The molecule has 0 radical (unpaired) electrons. The Kier molecular flexibility index (Phi) is 11.9. The largest absolute Gasteiger partial charge is 0.493 e. The van der Waals surface area contributed by atoms with E-state index in [-0.39, 0.29) is 53.2 Å². The summed E-state index contributed by atoms with van der Waals surface area (Å²) in [5.41, 5.74) is 1.68. The van der Waals surface area contributed by atoms with Gasteiger partial charge in [0.1, 0.15) is 12.3 Å². The van der Waals surface area contributed by atoms with Gasteiger partial charge < -0.3 is 48.4 Å².